The summed E-state index contributed by atoms with van der Waals surface area (Å²) in [5, 5.41) is 11.0. The third-order valence-electron chi connectivity index (χ3n) is 5.03. The van der Waals surface area contributed by atoms with Gasteiger partial charge in [-0.15, -0.1) is 0 Å². The second kappa shape index (κ2) is 8.35. The van der Waals surface area contributed by atoms with Crippen LogP contribution >= 0.6 is 0 Å². The number of ketones is 4. The third kappa shape index (κ3) is 4.43. The molecule has 3 atom stereocenters. The van der Waals surface area contributed by atoms with Crippen molar-refractivity contribution in [2.45, 2.75) is 72.8 Å². The van der Waals surface area contributed by atoms with Crippen molar-refractivity contribution in [1.29, 1.82) is 0 Å². The van der Waals surface area contributed by atoms with E-state index in [1.807, 2.05) is 27.7 Å². The average molecular weight is 352 g/mol. The molecular weight excluding hydrogens is 320 g/mol. The molecule has 1 rings (SSSR count). The lowest BCUT2D eigenvalue weighted by atomic mass is 9.79. The fourth-order valence-electron chi connectivity index (χ4n) is 3.32. The van der Waals surface area contributed by atoms with Crippen LogP contribution in [0.3, 0.4) is 0 Å². The number of hydrogen-bond acceptors (Lipinski definition) is 5. The molecular formula is C20H32O5. The van der Waals surface area contributed by atoms with Gasteiger partial charge in [-0.3, -0.25) is 19.2 Å². The van der Waals surface area contributed by atoms with Crippen molar-refractivity contribution in [2.75, 3.05) is 0 Å². The molecule has 1 unspecified atom stereocenters. The normalized spacial score (nSPS) is 27.0. The minimum Gasteiger partial charge on any atom is -0.374 e. The number of rotatable bonds is 9. The van der Waals surface area contributed by atoms with Crippen LogP contribution in [0.25, 0.3) is 0 Å². The predicted octanol–water partition coefficient (Wildman–Crippen LogP) is 2.77. The lowest BCUT2D eigenvalue weighted by Gasteiger charge is -2.26. The van der Waals surface area contributed by atoms with Crippen LogP contribution < -0.4 is 0 Å². The SMILES string of the molecule is CC(C)CCC(=O)[C@]1(O)C(=O)C(C(=O)C(C)C)C(=O)[C@@H]1CCC(C)C. The third-order valence-corrected chi connectivity index (χ3v) is 5.03. The Balaban J connectivity index is 3.22. The first-order valence-corrected chi connectivity index (χ1v) is 9.31. The molecule has 0 aromatic heterocycles. The Morgan fingerprint density at radius 2 is 1.52 bits per heavy atom. The molecule has 1 saturated carbocycles. The van der Waals surface area contributed by atoms with Crippen molar-refractivity contribution in [3.8, 4) is 0 Å². The summed E-state index contributed by atoms with van der Waals surface area (Å²) in [6.07, 6.45) is 1.41. The first kappa shape index (κ1) is 21.7. The minimum absolute atomic E-state index is 0.0357. The van der Waals surface area contributed by atoms with Crippen LogP contribution in [0.1, 0.15) is 67.2 Å². The van der Waals surface area contributed by atoms with Gasteiger partial charge in [0.1, 0.15) is 5.92 Å². The maximum absolute atomic E-state index is 12.8. The van der Waals surface area contributed by atoms with Gasteiger partial charge in [0.05, 0.1) is 5.92 Å². The molecule has 25 heavy (non-hydrogen) atoms. The Bertz CT molecular complexity index is 546. The van der Waals surface area contributed by atoms with E-state index in [4.69, 9.17) is 0 Å². The highest BCUT2D eigenvalue weighted by molar-refractivity contribution is 6.33. The monoisotopic (exact) mass is 352 g/mol. The van der Waals surface area contributed by atoms with Crippen LogP contribution in [-0.2, 0) is 19.2 Å². The molecule has 0 aromatic carbocycles. The van der Waals surface area contributed by atoms with Crippen molar-refractivity contribution in [3.63, 3.8) is 0 Å². The van der Waals surface area contributed by atoms with Gasteiger partial charge in [-0.2, -0.15) is 0 Å². The van der Waals surface area contributed by atoms with Crippen LogP contribution in [-0.4, -0.2) is 33.8 Å². The smallest absolute Gasteiger partial charge is 0.192 e. The Kier molecular flexibility index (Phi) is 7.24. The summed E-state index contributed by atoms with van der Waals surface area (Å²) in [7, 11) is 0. The van der Waals surface area contributed by atoms with Crippen molar-refractivity contribution >= 4 is 23.1 Å². The van der Waals surface area contributed by atoms with E-state index in [2.05, 4.69) is 0 Å². The van der Waals surface area contributed by atoms with Gasteiger partial charge in [0.2, 0.25) is 0 Å². The zero-order chi connectivity index (χ0) is 19.5. The molecule has 0 heterocycles. The fourth-order valence-corrected chi connectivity index (χ4v) is 3.32. The summed E-state index contributed by atoms with van der Waals surface area (Å²) >= 11 is 0. The molecule has 142 valence electrons. The van der Waals surface area contributed by atoms with E-state index in [1.54, 1.807) is 13.8 Å². The van der Waals surface area contributed by atoms with Crippen LogP contribution in [0.4, 0.5) is 0 Å². The summed E-state index contributed by atoms with van der Waals surface area (Å²) in [6, 6.07) is 0. The van der Waals surface area contributed by atoms with Crippen molar-refractivity contribution < 1.29 is 24.3 Å². The number of aliphatic hydroxyl groups is 1. The van der Waals surface area contributed by atoms with Crippen molar-refractivity contribution in [3.05, 3.63) is 0 Å². The quantitative estimate of drug-likeness (QED) is 0.645. The summed E-state index contributed by atoms with van der Waals surface area (Å²) in [6.45, 7) is 11.1. The highest BCUT2D eigenvalue weighted by Gasteiger charge is 2.64. The summed E-state index contributed by atoms with van der Waals surface area (Å²) < 4.78 is 0. The van der Waals surface area contributed by atoms with Gasteiger partial charge in [0.25, 0.3) is 0 Å². The van der Waals surface area contributed by atoms with E-state index in [0.717, 1.165) is 0 Å². The van der Waals surface area contributed by atoms with Crippen LogP contribution in [0.15, 0.2) is 0 Å². The van der Waals surface area contributed by atoms with Gasteiger partial charge in [0, 0.05) is 12.3 Å². The zero-order valence-corrected chi connectivity index (χ0v) is 16.3. The standard InChI is InChI=1S/C20H32O5/c1-11(2)7-9-14-18(23)16(17(22)13(5)6)19(24)20(14,25)15(21)10-8-12(3)4/h11-14,16,25H,7-10H2,1-6H3/t14-,16?,20-/m0/s1. The highest BCUT2D eigenvalue weighted by atomic mass is 16.3. The molecule has 1 fully saturated rings. The topological polar surface area (TPSA) is 88.5 Å². The Hall–Kier alpha value is -1.36. The molecule has 0 aromatic rings. The molecule has 1 aliphatic rings. The molecule has 0 radical (unpaired) electrons. The Morgan fingerprint density at radius 1 is 1.00 bits per heavy atom. The van der Waals surface area contributed by atoms with Gasteiger partial charge in [-0.1, -0.05) is 48.0 Å². The summed E-state index contributed by atoms with van der Waals surface area (Å²) in [5.74, 6) is -5.20. The largest absolute Gasteiger partial charge is 0.374 e. The summed E-state index contributed by atoms with van der Waals surface area (Å²) in [5.41, 5.74) is -2.34. The van der Waals surface area contributed by atoms with E-state index < -0.39 is 46.5 Å². The Labute approximate surface area is 150 Å². The van der Waals surface area contributed by atoms with Crippen molar-refractivity contribution in [2.24, 2.45) is 29.6 Å². The van der Waals surface area contributed by atoms with Gasteiger partial charge >= 0.3 is 0 Å². The zero-order valence-electron chi connectivity index (χ0n) is 16.3. The molecule has 5 heteroatoms. The van der Waals surface area contributed by atoms with Gasteiger partial charge in [0.15, 0.2) is 28.7 Å². The maximum Gasteiger partial charge on any atom is 0.192 e. The van der Waals surface area contributed by atoms with E-state index in [1.165, 1.54) is 0 Å². The lowest BCUT2D eigenvalue weighted by Crippen LogP contribution is -2.50. The molecule has 5 nitrogen and oxygen atoms in total. The van der Waals surface area contributed by atoms with Crippen LogP contribution in [0.2, 0.25) is 0 Å². The average Bonchev–Trinajstić information content (AvgIpc) is 2.69. The number of hydrogen-bond donors (Lipinski definition) is 1. The molecule has 0 saturated heterocycles. The number of carbonyl (C=O) groups is 4. The second-order valence-corrected chi connectivity index (χ2v) is 8.40. The van der Waals surface area contributed by atoms with Crippen LogP contribution in [0, 0.1) is 29.6 Å². The molecule has 1 aliphatic carbocycles. The van der Waals surface area contributed by atoms with Gasteiger partial charge in [-0.25, -0.2) is 0 Å². The first-order valence-electron chi connectivity index (χ1n) is 9.31. The number of carbonyl (C=O) groups excluding carboxylic acids is 4. The molecule has 1 N–H and O–H groups in total. The maximum atomic E-state index is 12.8. The molecule has 0 bridgehead atoms. The van der Waals surface area contributed by atoms with E-state index in [-0.39, 0.29) is 24.7 Å². The molecule has 0 spiro atoms. The molecule has 0 amide bonds. The van der Waals surface area contributed by atoms with Crippen molar-refractivity contribution in [1.82, 2.24) is 0 Å². The lowest BCUT2D eigenvalue weighted by molar-refractivity contribution is -0.155. The molecule has 0 aliphatic heterocycles. The Morgan fingerprint density at radius 3 is 1.96 bits per heavy atom. The van der Waals surface area contributed by atoms with E-state index in [9.17, 15) is 24.3 Å². The fraction of sp³-hybridized carbons (Fsp3) is 0.800. The number of Topliss-reactive ketones (excluding diaryl/α,β-unsaturated/α-hetero) is 4. The highest BCUT2D eigenvalue weighted by Crippen LogP contribution is 2.40. The second-order valence-electron chi connectivity index (χ2n) is 8.40. The predicted molar refractivity (Wildman–Crippen MR) is 94.9 cm³/mol. The minimum atomic E-state index is -2.34. The van der Waals surface area contributed by atoms with Gasteiger partial charge in [-0.05, 0) is 24.7 Å². The first-order chi connectivity index (χ1) is 11.4. The van der Waals surface area contributed by atoms with E-state index >= 15 is 0 Å². The summed E-state index contributed by atoms with van der Waals surface area (Å²) in [4.78, 5) is 50.6. The van der Waals surface area contributed by atoms with Gasteiger partial charge < -0.3 is 5.11 Å². The van der Waals surface area contributed by atoms with Crippen LogP contribution in [0.5, 0.6) is 0 Å². The van der Waals surface area contributed by atoms with E-state index in [0.29, 0.717) is 12.8 Å².